The summed E-state index contributed by atoms with van der Waals surface area (Å²) in [5.41, 5.74) is 1.13. The molecule has 0 saturated carbocycles. The summed E-state index contributed by atoms with van der Waals surface area (Å²) in [6.45, 7) is 0.133. The van der Waals surface area contributed by atoms with Crippen LogP contribution in [-0.2, 0) is 22.6 Å². The number of hydrogen-bond donors (Lipinski definition) is 2. The number of ether oxygens (including phenoxy) is 1. The molecule has 0 spiro atoms. The first kappa shape index (κ1) is 17.5. The molecule has 0 aromatic heterocycles. The van der Waals surface area contributed by atoms with E-state index in [4.69, 9.17) is 4.74 Å². The molecule has 2 N–H and O–H groups in total. The number of hydrogen-bond acceptors (Lipinski definition) is 3. The normalized spacial score (nSPS) is 10.1. The fourth-order valence-electron chi connectivity index (χ4n) is 2.16. The fraction of sp³-hybridized carbons (Fsp3) is 0.222. The molecule has 2 amide bonds. The number of rotatable bonds is 7. The van der Waals surface area contributed by atoms with Gasteiger partial charge in [-0.1, -0.05) is 36.4 Å². The number of halogens is 1. The van der Waals surface area contributed by atoms with E-state index < -0.39 is 11.7 Å². The van der Waals surface area contributed by atoms with E-state index in [0.29, 0.717) is 17.9 Å². The third-order valence-corrected chi connectivity index (χ3v) is 3.42. The lowest BCUT2D eigenvalue weighted by Gasteiger charge is -2.10. The zero-order valence-corrected chi connectivity index (χ0v) is 13.3. The first-order valence-corrected chi connectivity index (χ1v) is 7.49. The molecule has 0 saturated heterocycles. The summed E-state index contributed by atoms with van der Waals surface area (Å²) in [6, 6.07) is 13.4. The van der Waals surface area contributed by atoms with E-state index >= 15 is 0 Å². The van der Waals surface area contributed by atoms with Crippen LogP contribution < -0.4 is 15.4 Å². The minimum absolute atomic E-state index is 0.105. The van der Waals surface area contributed by atoms with E-state index in [1.54, 1.807) is 25.3 Å². The summed E-state index contributed by atoms with van der Waals surface area (Å²) in [7, 11) is 1.56. The summed E-state index contributed by atoms with van der Waals surface area (Å²) in [5, 5.41) is 5.17. The lowest BCUT2D eigenvalue weighted by Crippen LogP contribution is -2.37. The lowest BCUT2D eigenvalue weighted by atomic mass is 10.1. The Balaban J connectivity index is 1.77. The van der Waals surface area contributed by atoms with Crippen LogP contribution in [0.1, 0.15) is 11.1 Å². The van der Waals surface area contributed by atoms with E-state index in [-0.39, 0.29) is 18.9 Å². The van der Waals surface area contributed by atoms with E-state index in [2.05, 4.69) is 10.6 Å². The lowest BCUT2D eigenvalue weighted by molar-refractivity contribution is -0.125. The third-order valence-electron chi connectivity index (χ3n) is 3.42. The second-order valence-electron chi connectivity index (χ2n) is 5.13. The molecular formula is C18H19FN2O3. The molecule has 0 fully saturated rings. The van der Waals surface area contributed by atoms with Gasteiger partial charge >= 0.3 is 0 Å². The van der Waals surface area contributed by atoms with Crippen LogP contribution in [0, 0.1) is 5.82 Å². The highest BCUT2D eigenvalue weighted by Crippen LogP contribution is 2.16. The van der Waals surface area contributed by atoms with E-state index in [0.717, 1.165) is 5.56 Å². The number of benzene rings is 2. The summed E-state index contributed by atoms with van der Waals surface area (Å²) >= 11 is 0. The largest absolute Gasteiger partial charge is 0.496 e. The van der Waals surface area contributed by atoms with Gasteiger partial charge in [0, 0.05) is 12.1 Å². The van der Waals surface area contributed by atoms with Crippen molar-refractivity contribution in [3.05, 3.63) is 65.5 Å². The number of amides is 2. The fourth-order valence-corrected chi connectivity index (χ4v) is 2.16. The van der Waals surface area contributed by atoms with Crippen molar-refractivity contribution in [3.8, 4) is 5.75 Å². The summed E-state index contributed by atoms with van der Waals surface area (Å²) < 4.78 is 18.7. The van der Waals surface area contributed by atoms with Gasteiger partial charge in [-0.3, -0.25) is 9.59 Å². The number of carbonyl (C=O) groups excluding carboxylic acids is 2. The molecule has 0 aliphatic rings. The number of para-hydroxylation sites is 1. The Morgan fingerprint density at radius 2 is 1.62 bits per heavy atom. The molecule has 0 unspecified atom stereocenters. The topological polar surface area (TPSA) is 67.4 Å². The Hall–Kier alpha value is -2.89. The second kappa shape index (κ2) is 8.67. The van der Waals surface area contributed by atoms with Crippen LogP contribution in [0.3, 0.4) is 0 Å². The van der Waals surface area contributed by atoms with Gasteiger partial charge in [0.05, 0.1) is 20.1 Å². The maximum atomic E-state index is 13.5. The van der Waals surface area contributed by atoms with E-state index in [9.17, 15) is 14.0 Å². The zero-order valence-electron chi connectivity index (χ0n) is 13.3. The van der Waals surface area contributed by atoms with Gasteiger partial charge in [0.15, 0.2) is 0 Å². The van der Waals surface area contributed by atoms with Crippen LogP contribution in [-0.4, -0.2) is 25.5 Å². The van der Waals surface area contributed by atoms with Gasteiger partial charge in [0.25, 0.3) is 0 Å². The molecule has 0 aliphatic heterocycles. The molecule has 0 aliphatic carbocycles. The molecule has 24 heavy (non-hydrogen) atoms. The van der Waals surface area contributed by atoms with Crippen molar-refractivity contribution in [2.24, 2.45) is 0 Å². The van der Waals surface area contributed by atoms with Crippen LogP contribution in [0.15, 0.2) is 48.5 Å². The summed E-state index contributed by atoms with van der Waals surface area (Å²) in [5.74, 6) is -0.495. The molecule has 5 nitrogen and oxygen atoms in total. The average Bonchev–Trinajstić information content (AvgIpc) is 2.60. The van der Waals surface area contributed by atoms with E-state index in [1.165, 1.54) is 12.1 Å². The SMILES string of the molecule is COc1ccccc1CNC(=O)CNC(=O)Cc1ccccc1F. The first-order chi connectivity index (χ1) is 11.6. The highest BCUT2D eigenvalue weighted by Gasteiger charge is 2.10. The number of methoxy groups -OCH3 is 1. The van der Waals surface area contributed by atoms with Crippen LogP contribution in [0.2, 0.25) is 0 Å². The maximum absolute atomic E-state index is 13.5. The zero-order chi connectivity index (χ0) is 17.4. The standard InChI is InChI=1S/C18H19FN2O3/c1-24-16-9-5-3-7-14(16)11-20-18(23)12-21-17(22)10-13-6-2-4-8-15(13)19/h2-9H,10-12H2,1H3,(H,20,23)(H,21,22). The monoisotopic (exact) mass is 330 g/mol. The van der Waals surface area contributed by atoms with Gasteiger partial charge in [0.1, 0.15) is 11.6 Å². The molecule has 0 bridgehead atoms. The summed E-state index contributed by atoms with van der Waals surface area (Å²) in [4.78, 5) is 23.6. The molecule has 6 heteroatoms. The van der Waals surface area contributed by atoms with Gasteiger partial charge in [-0.15, -0.1) is 0 Å². The predicted octanol–water partition coefficient (Wildman–Crippen LogP) is 1.81. The van der Waals surface area contributed by atoms with Crippen molar-refractivity contribution in [2.75, 3.05) is 13.7 Å². The van der Waals surface area contributed by atoms with Crippen molar-refractivity contribution >= 4 is 11.8 Å². The number of nitrogens with one attached hydrogen (secondary N) is 2. The third kappa shape index (κ3) is 5.08. The quantitative estimate of drug-likeness (QED) is 0.814. The van der Waals surface area contributed by atoms with Crippen molar-refractivity contribution < 1.29 is 18.7 Å². The van der Waals surface area contributed by atoms with Crippen molar-refractivity contribution in [1.82, 2.24) is 10.6 Å². The highest BCUT2D eigenvalue weighted by atomic mass is 19.1. The van der Waals surface area contributed by atoms with Crippen LogP contribution in [0.25, 0.3) is 0 Å². The van der Waals surface area contributed by atoms with Crippen molar-refractivity contribution in [1.29, 1.82) is 0 Å². The molecular weight excluding hydrogens is 311 g/mol. The Bertz CT molecular complexity index is 719. The van der Waals surface area contributed by atoms with Crippen LogP contribution in [0.4, 0.5) is 4.39 Å². The highest BCUT2D eigenvalue weighted by molar-refractivity contribution is 5.85. The minimum Gasteiger partial charge on any atom is -0.496 e. The van der Waals surface area contributed by atoms with Gasteiger partial charge < -0.3 is 15.4 Å². The average molecular weight is 330 g/mol. The van der Waals surface area contributed by atoms with Gasteiger partial charge in [-0.25, -0.2) is 4.39 Å². The Kier molecular flexibility index (Phi) is 6.31. The first-order valence-electron chi connectivity index (χ1n) is 7.49. The van der Waals surface area contributed by atoms with Crippen molar-refractivity contribution in [2.45, 2.75) is 13.0 Å². The smallest absolute Gasteiger partial charge is 0.239 e. The number of carbonyl (C=O) groups is 2. The Morgan fingerprint density at radius 3 is 2.33 bits per heavy atom. The molecule has 2 aromatic carbocycles. The van der Waals surface area contributed by atoms with Crippen LogP contribution >= 0.6 is 0 Å². The molecule has 0 heterocycles. The molecule has 2 aromatic rings. The second-order valence-corrected chi connectivity index (χ2v) is 5.13. The maximum Gasteiger partial charge on any atom is 0.239 e. The molecule has 0 radical (unpaired) electrons. The van der Waals surface area contributed by atoms with Crippen LogP contribution in [0.5, 0.6) is 5.75 Å². The van der Waals surface area contributed by atoms with Gasteiger partial charge in [-0.2, -0.15) is 0 Å². The van der Waals surface area contributed by atoms with Gasteiger partial charge in [0.2, 0.25) is 11.8 Å². The molecule has 126 valence electrons. The van der Waals surface area contributed by atoms with Crippen molar-refractivity contribution in [3.63, 3.8) is 0 Å². The minimum atomic E-state index is -0.437. The predicted molar refractivity (Wildman–Crippen MR) is 88.0 cm³/mol. The molecule has 2 rings (SSSR count). The van der Waals surface area contributed by atoms with E-state index in [1.807, 2.05) is 18.2 Å². The Morgan fingerprint density at radius 1 is 0.958 bits per heavy atom. The molecule has 0 atom stereocenters. The Labute approximate surface area is 139 Å². The van der Waals surface area contributed by atoms with Gasteiger partial charge in [-0.05, 0) is 17.7 Å². The summed E-state index contributed by atoms with van der Waals surface area (Å²) in [6.07, 6.45) is -0.105.